The summed E-state index contributed by atoms with van der Waals surface area (Å²) in [6, 6.07) is 0. The maximum atomic E-state index is 13.3. The third-order valence-electron chi connectivity index (χ3n) is 3.44. The second-order valence-electron chi connectivity index (χ2n) is 5.03. The van der Waals surface area contributed by atoms with E-state index in [1.54, 1.807) is 0 Å². The Morgan fingerprint density at radius 2 is 2.08 bits per heavy atom. The highest BCUT2D eigenvalue weighted by molar-refractivity contribution is 7.46. The number of rotatable bonds is 4. The third kappa shape index (κ3) is 3.10. The molecular weight excluding hydrogens is 352 g/mol. The van der Waals surface area contributed by atoms with Crippen molar-refractivity contribution < 1.29 is 38.2 Å². The summed E-state index contributed by atoms with van der Waals surface area (Å²) < 4.78 is 34.8. The van der Waals surface area contributed by atoms with Gasteiger partial charge >= 0.3 is 13.9 Å². The highest BCUT2D eigenvalue weighted by atomic mass is 31.2. The van der Waals surface area contributed by atoms with Crippen LogP contribution < -0.4 is 5.73 Å². The number of aliphatic hydroxyl groups is 2. The number of anilines is 1. The first kappa shape index (κ1) is 17.1. The second kappa shape index (κ2) is 5.97. The number of phosphoric acid groups is 1. The molecule has 1 aliphatic rings. The molecule has 0 radical (unpaired) electrons. The summed E-state index contributed by atoms with van der Waals surface area (Å²) in [4.78, 5) is 28.1. The highest BCUT2D eigenvalue weighted by Gasteiger charge is 2.45. The lowest BCUT2D eigenvalue weighted by molar-refractivity contribution is -0.0504. The number of nitrogens with zero attached hydrogens (tertiary/aromatic N) is 4. The van der Waals surface area contributed by atoms with Crippen LogP contribution in [0, 0.1) is 6.08 Å². The second-order valence-corrected chi connectivity index (χ2v) is 6.27. The average Bonchev–Trinajstić information content (AvgIpc) is 3.00. The third-order valence-corrected chi connectivity index (χ3v) is 3.92. The Balaban J connectivity index is 1.89. The molecule has 24 heavy (non-hydrogen) atoms. The Morgan fingerprint density at radius 1 is 1.38 bits per heavy atom. The molecule has 2 aromatic rings. The first-order valence-corrected chi connectivity index (χ1v) is 8.07. The van der Waals surface area contributed by atoms with Crippen molar-refractivity contribution in [3.63, 3.8) is 0 Å². The minimum atomic E-state index is -4.78. The number of hydrogen-bond donors (Lipinski definition) is 5. The van der Waals surface area contributed by atoms with Crippen LogP contribution in [0.3, 0.4) is 0 Å². The summed E-state index contributed by atoms with van der Waals surface area (Å²) in [6.45, 7) is -0.670. The SMILES string of the molecule is Nc1nc(F)nc2c1ncn2[C@@H]1O[C@@H](COP(=O)(O)O)[C@@H](O)[C@@H]1O. The molecule has 0 bridgehead atoms. The summed E-state index contributed by atoms with van der Waals surface area (Å²) in [6.07, 6.45) is -5.46. The van der Waals surface area contributed by atoms with Crippen molar-refractivity contribution in [3.05, 3.63) is 12.4 Å². The molecule has 6 N–H and O–H groups in total. The molecule has 3 rings (SSSR count). The predicted octanol–water partition coefficient (Wildman–Crippen LogP) is -1.72. The zero-order valence-corrected chi connectivity index (χ0v) is 12.7. The van der Waals surface area contributed by atoms with E-state index in [0.717, 1.165) is 10.9 Å². The molecule has 0 aromatic carbocycles. The zero-order chi connectivity index (χ0) is 17.6. The molecule has 4 atom stereocenters. The number of hydrogen-bond acceptors (Lipinski definition) is 9. The Labute approximate surface area is 132 Å². The van der Waals surface area contributed by atoms with Crippen LogP contribution in [0.4, 0.5) is 10.2 Å². The van der Waals surface area contributed by atoms with Gasteiger partial charge in [0.15, 0.2) is 23.2 Å². The number of halogens is 1. The zero-order valence-electron chi connectivity index (χ0n) is 11.8. The number of ether oxygens (including phenoxy) is 1. The van der Waals surface area contributed by atoms with E-state index < -0.39 is 45.0 Å². The Morgan fingerprint density at radius 3 is 2.75 bits per heavy atom. The maximum Gasteiger partial charge on any atom is 0.469 e. The minimum absolute atomic E-state index is 0.0663. The number of fused-ring (bicyclic) bond motifs is 1. The minimum Gasteiger partial charge on any atom is -0.387 e. The fourth-order valence-electron chi connectivity index (χ4n) is 2.36. The summed E-state index contributed by atoms with van der Waals surface area (Å²) >= 11 is 0. The van der Waals surface area contributed by atoms with E-state index in [-0.39, 0.29) is 17.0 Å². The van der Waals surface area contributed by atoms with E-state index in [1.165, 1.54) is 0 Å². The molecule has 1 saturated heterocycles. The number of nitrogens with two attached hydrogens (primary N) is 1. The Bertz CT molecular complexity index is 812. The van der Waals surface area contributed by atoms with Crippen LogP contribution in [0.1, 0.15) is 6.23 Å². The number of aliphatic hydroxyl groups excluding tert-OH is 2. The van der Waals surface area contributed by atoms with Gasteiger partial charge in [-0.3, -0.25) is 9.09 Å². The topological polar surface area (TPSA) is 186 Å². The molecule has 0 unspecified atom stereocenters. The van der Waals surface area contributed by atoms with Gasteiger partial charge in [0, 0.05) is 0 Å². The number of aromatic nitrogens is 4. The van der Waals surface area contributed by atoms with Crippen LogP contribution in [0.25, 0.3) is 11.2 Å². The van der Waals surface area contributed by atoms with Gasteiger partial charge in [-0.1, -0.05) is 0 Å². The van der Waals surface area contributed by atoms with Crippen molar-refractivity contribution in [1.82, 2.24) is 19.5 Å². The molecule has 3 heterocycles. The van der Waals surface area contributed by atoms with Gasteiger partial charge in [-0.25, -0.2) is 9.55 Å². The molecule has 12 nitrogen and oxygen atoms in total. The van der Waals surface area contributed by atoms with Crippen LogP contribution in [-0.2, 0) is 13.8 Å². The molecule has 0 spiro atoms. The summed E-state index contributed by atoms with van der Waals surface area (Å²) in [7, 11) is -4.78. The monoisotopic (exact) mass is 365 g/mol. The van der Waals surface area contributed by atoms with Gasteiger partial charge in [-0.2, -0.15) is 14.4 Å². The number of nitrogen functional groups attached to an aromatic ring is 1. The Hall–Kier alpha value is -1.73. The largest absolute Gasteiger partial charge is 0.469 e. The summed E-state index contributed by atoms with van der Waals surface area (Å²) in [5, 5.41) is 20.0. The fraction of sp³-hybridized carbons (Fsp3) is 0.500. The van der Waals surface area contributed by atoms with Gasteiger partial charge < -0.3 is 30.5 Å². The fourth-order valence-corrected chi connectivity index (χ4v) is 2.71. The molecule has 14 heteroatoms. The van der Waals surface area contributed by atoms with Crippen molar-refractivity contribution in [2.45, 2.75) is 24.5 Å². The lowest BCUT2D eigenvalue weighted by Crippen LogP contribution is -2.33. The van der Waals surface area contributed by atoms with Gasteiger partial charge in [0.05, 0.1) is 12.9 Å². The van der Waals surface area contributed by atoms with Crippen LogP contribution in [0.2, 0.25) is 0 Å². The van der Waals surface area contributed by atoms with E-state index in [2.05, 4.69) is 19.5 Å². The van der Waals surface area contributed by atoms with Gasteiger partial charge in [-0.15, -0.1) is 0 Å². The lowest BCUT2D eigenvalue weighted by Gasteiger charge is -2.16. The first-order valence-electron chi connectivity index (χ1n) is 6.54. The van der Waals surface area contributed by atoms with Crippen molar-refractivity contribution in [1.29, 1.82) is 0 Å². The molecular formula is C10H13FN5O7P. The van der Waals surface area contributed by atoms with Gasteiger partial charge in [0.25, 0.3) is 0 Å². The maximum absolute atomic E-state index is 13.3. The van der Waals surface area contributed by atoms with Gasteiger partial charge in [-0.05, 0) is 0 Å². The Kier molecular flexibility index (Phi) is 4.25. The van der Waals surface area contributed by atoms with E-state index in [4.69, 9.17) is 20.3 Å². The van der Waals surface area contributed by atoms with Gasteiger partial charge in [0.1, 0.15) is 18.3 Å². The van der Waals surface area contributed by atoms with Crippen LogP contribution in [0.15, 0.2) is 6.33 Å². The van der Waals surface area contributed by atoms with Crippen LogP contribution in [0.5, 0.6) is 0 Å². The van der Waals surface area contributed by atoms with E-state index in [9.17, 15) is 19.2 Å². The van der Waals surface area contributed by atoms with Crippen molar-refractivity contribution in [2.75, 3.05) is 12.3 Å². The van der Waals surface area contributed by atoms with Crippen molar-refractivity contribution in [2.24, 2.45) is 0 Å². The number of phosphoric ester groups is 1. The van der Waals surface area contributed by atoms with Crippen molar-refractivity contribution in [3.8, 4) is 0 Å². The van der Waals surface area contributed by atoms with E-state index in [1.807, 2.05) is 0 Å². The average molecular weight is 365 g/mol. The molecule has 1 aliphatic heterocycles. The normalized spacial score (nSPS) is 27.9. The van der Waals surface area contributed by atoms with Gasteiger partial charge in [0.2, 0.25) is 0 Å². The van der Waals surface area contributed by atoms with Crippen LogP contribution >= 0.6 is 7.82 Å². The summed E-state index contributed by atoms with van der Waals surface area (Å²) in [5.74, 6) is -0.217. The molecule has 0 saturated carbocycles. The smallest absolute Gasteiger partial charge is 0.387 e. The molecule has 0 aliphatic carbocycles. The van der Waals surface area contributed by atoms with Crippen molar-refractivity contribution >= 4 is 24.8 Å². The molecule has 1 fully saturated rings. The summed E-state index contributed by atoms with van der Waals surface area (Å²) in [5.41, 5.74) is 5.52. The standard InChI is InChI=1S/C10H13FN5O7P/c11-10-14-7(12)4-8(15-10)16(2-13-4)9-6(18)5(17)3(23-9)1-22-24(19,20)21/h2-3,5-6,9,17-18H,1H2,(H2,12,14,15)(H2,19,20,21)/t3-,5+,6-,9+/m0/s1. The quantitative estimate of drug-likeness (QED) is 0.306. The molecule has 132 valence electrons. The number of imidazole rings is 1. The van der Waals surface area contributed by atoms with E-state index >= 15 is 0 Å². The lowest BCUT2D eigenvalue weighted by atomic mass is 10.1. The molecule has 0 amide bonds. The highest BCUT2D eigenvalue weighted by Crippen LogP contribution is 2.38. The molecule has 2 aromatic heterocycles. The first-order chi connectivity index (χ1) is 11.2. The van der Waals surface area contributed by atoms with E-state index in [0.29, 0.717) is 0 Å². The van der Waals surface area contributed by atoms with Crippen LogP contribution in [-0.4, -0.2) is 64.4 Å². The predicted molar refractivity (Wildman–Crippen MR) is 73.6 cm³/mol.